The van der Waals surface area contributed by atoms with Crippen LogP contribution in [0.3, 0.4) is 0 Å². The zero-order valence-electron chi connectivity index (χ0n) is 17.2. The number of aliphatic imine (C=N–C) groups is 1. The summed E-state index contributed by atoms with van der Waals surface area (Å²) in [5.74, 6) is 0.712. The molecule has 0 saturated carbocycles. The van der Waals surface area contributed by atoms with E-state index in [4.69, 9.17) is 0 Å². The van der Waals surface area contributed by atoms with Gasteiger partial charge in [0.15, 0.2) is 5.96 Å². The number of guanidine groups is 1. The number of aryl methyl sites for hydroxylation is 1. The fourth-order valence-electron chi connectivity index (χ4n) is 3.53. The van der Waals surface area contributed by atoms with Gasteiger partial charge in [0.25, 0.3) is 0 Å². The molecule has 1 aliphatic rings. The second-order valence-corrected chi connectivity index (χ2v) is 7.18. The predicted octanol–water partition coefficient (Wildman–Crippen LogP) is 1.79. The normalized spacial score (nSPS) is 15.5. The Morgan fingerprint density at radius 2 is 1.76 bits per heavy atom. The lowest BCUT2D eigenvalue weighted by atomic mass is 10.2. The van der Waals surface area contributed by atoms with E-state index in [9.17, 15) is 4.39 Å². The lowest BCUT2D eigenvalue weighted by Gasteiger charge is -2.36. The third-order valence-corrected chi connectivity index (χ3v) is 5.15. The van der Waals surface area contributed by atoms with Crippen LogP contribution in [0.5, 0.6) is 0 Å². The second-order valence-electron chi connectivity index (χ2n) is 7.18. The molecule has 1 fully saturated rings. The third-order valence-electron chi connectivity index (χ3n) is 5.15. The lowest BCUT2D eigenvalue weighted by molar-refractivity contribution is 0.254. The van der Waals surface area contributed by atoms with Gasteiger partial charge in [-0.1, -0.05) is 12.1 Å². The predicted molar refractivity (Wildman–Crippen MR) is 116 cm³/mol. The highest BCUT2D eigenvalue weighted by Gasteiger charge is 2.18. The van der Waals surface area contributed by atoms with Crippen molar-refractivity contribution in [2.75, 3.05) is 57.8 Å². The Bertz CT molecular complexity index is 739. The van der Waals surface area contributed by atoms with Gasteiger partial charge in [-0.15, -0.1) is 0 Å². The molecule has 2 N–H and O–H groups in total. The van der Waals surface area contributed by atoms with E-state index >= 15 is 0 Å². The van der Waals surface area contributed by atoms with Gasteiger partial charge in [-0.05, 0) is 37.6 Å². The molecule has 1 aliphatic heterocycles. The van der Waals surface area contributed by atoms with E-state index in [1.54, 1.807) is 19.3 Å². The SMILES string of the molecule is CN=C(NCCCN1CCN(c2ccccc2F)CC1)NCCCn1cccn1. The number of rotatable bonds is 9. The fraction of sp³-hybridized carbons (Fsp3) is 0.524. The molecule has 29 heavy (non-hydrogen) atoms. The van der Waals surface area contributed by atoms with Crippen molar-refractivity contribution >= 4 is 11.6 Å². The smallest absolute Gasteiger partial charge is 0.190 e. The number of benzene rings is 1. The van der Waals surface area contributed by atoms with E-state index in [-0.39, 0.29) is 5.82 Å². The number of hydrogen-bond donors (Lipinski definition) is 2. The number of aromatic nitrogens is 2. The number of hydrogen-bond acceptors (Lipinski definition) is 4. The number of nitrogens with one attached hydrogen (secondary N) is 2. The number of nitrogens with zero attached hydrogens (tertiary/aromatic N) is 5. The topological polar surface area (TPSA) is 60.7 Å². The highest BCUT2D eigenvalue weighted by Crippen LogP contribution is 2.20. The monoisotopic (exact) mass is 401 g/mol. The summed E-state index contributed by atoms with van der Waals surface area (Å²) in [4.78, 5) is 8.86. The Balaban J connectivity index is 1.26. The molecule has 1 aromatic heterocycles. The minimum Gasteiger partial charge on any atom is -0.367 e. The van der Waals surface area contributed by atoms with Gasteiger partial charge in [0, 0.05) is 65.3 Å². The molecular formula is C21H32FN7. The van der Waals surface area contributed by atoms with Crippen molar-refractivity contribution in [3.8, 4) is 0 Å². The number of piperazine rings is 1. The van der Waals surface area contributed by atoms with Crippen molar-refractivity contribution in [1.29, 1.82) is 0 Å². The molecule has 0 radical (unpaired) electrons. The molecule has 0 aliphatic carbocycles. The van der Waals surface area contributed by atoms with E-state index in [2.05, 4.69) is 30.5 Å². The van der Waals surface area contributed by atoms with Crippen LogP contribution in [0.4, 0.5) is 10.1 Å². The first-order valence-electron chi connectivity index (χ1n) is 10.4. The Morgan fingerprint density at radius 3 is 2.41 bits per heavy atom. The molecule has 0 atom stereocenters. The van der Waals surface area contributed by atoms with Gasteiger partial charge in [0.2, 0.25) is 0 Å². The Morgan fingerprint density at radius 1 is 1.03 bits per heavy atom. The summed E-state index contributed by atoms with van der Waals surface area (Å²) in [5.41, 5.74) is 0.719. The van der Waals surface area contributed by atoms with Gasteiger partial charge in [-0.2, -0.15) is 5.10 Å². The molecule has 2 heterocycles. The first-order valence-corrected chi connectivity index (χ1v) is 10.4. The van der Waals surface area contributed by atoms with Crippen LogP contribution >= 0.6 is 0 Å². The molecule has 158 valence electrons. The van der Waals surface area contributed by atoms with E-state index < -0.39 is 0 Å². The number of halogens is 1. The van der Waals surface area contributed by atoms with Gasteiger partial charge in [0.05, 0.1) is 5.69 Å². The first-order chi connectivity index (χ1) is 14.3. The molecule has 0 bridgehead atoms. The molecule has 3 rings (SSSR count). The Hall–Kier alpha value is -2.61. The highest BCUT2D eigenvalue weighted by molar-refractivity contribution is 5.79. The minimum absolute atomic E-state index is 0.131. The van der Waals surface area contributed by atoms with Crippen LogP contribution in [-0.2, 0) is 6.54 Å². The van der Waals surface area contributed by atoms with Gasteiger partial charge in [0.1, 0.15) is 5.82 Å². The van der Waals surface area contributed by atoms with Crippen LogP contribution in [0.1, 0.15) is 12.8 Å². The van der Waals surface area contributed by atoms with E-state index in [0.717, 1.165) is 76.8 Å². The number of anilines is 1. The van der Waals surface area contributed by atoms with Crippen molar-refractivity contribution in [2.45, 2.75) is 19.4 Å². The average Bonchev–Trinajstić information content (AvgIpc) is 3.27. The van der Waals surface area contributed by atoms with Crippen LogP contribution in [0.15, 0.2) is 47.7 Å². The zero-order valence-corrected chi connectivity index (χ0v) is 17.2. The van der Waals surface area contributed by atoms with E-state index in [0.29, 0.717) is 0 Å². The summed E-state index contributed by atoms with van der Waals surface area (Å²) in [5, 5.41) is 10.9. The molecule has 1 aromatic carbocycles. The van der Waals surface area contributed by atoms with Crippen molar-refractivity contribution in [2.24, 2.45) is 4.99 Å². The quantitative estimate of drug-likeness (QED) is 0.381. The van der Waals surface area contributed by atoms with Crippen LogP contribution in [0, 0.1) is 5.82 Å². The molecule has 0 spiro atoms. The Labute approximate surface area is 172 Å². The summed E-state index contributed by atoms with van der Waals surface area (Å²) in [6, 6.07) is 8.97. The summed E-state index contributed by atoms with van der Waals surface area (Å²) in [7, 11) is 1.80. The molecule has 0 unspecified atom stereocenters. The van der Waals surface area contributed by atoms with Crippen LogP contribution < -0.4 is 15.5 Å². The molecule has 1 saturated heterocycles. The largest absolute Gasteiger partial charge is 0.367 e. The van der Waals surface area contributed by atoms with Gasteiger partial charge < -0.3 is 15.5 Å². The van der Waals surface area contributed by atoms with Crippen molar-refractivity contribution < 1.29 is 4.39 Å². The summed E-state index contributed by atoms with van der Waals surface area (Å²) in [6.07, 6.45) is 5.82. The molecular weight excluding hydrogens is 369 g/mol. The van der Waals surface area contributed by atoms with E-state index in [1.807, 2.05) is 29.1 Å². The minimum atomic E-state index is -0.131. The average molecular weight is 402 g/mol. The van der Waals surface area contributed by atoms with Crippen LogP contribution in [0.25, 0.3) is 0 Å². The summed E-state index contributed by atoms with van der Waals surface area (Å²) >= 11 is 0. The maximum atomic E-state index is 13.9. The Kier molecular flexibility index (Phi) is 8.30. The lowest BCUT2D eigenvalue weighted by Crippen LogP contribution is -2.47. The van der Waals surface area contributed by atoms with Gasteiger partial charge >= 0.3 is 0 Å². The molecule has 7 nitrogen and oxygen atoms in total. The number of para-hydroxylation sites is 1. The summed E-state index contributed by atoms with van der Waals surface area (Å²) < 4.78 is 15.9. The molecule has 8 heteroatoms. The van der Waals surface area contributed by atoms with E-state index in [1.165, 1.54) is 6.07 Å². The highest BCUT2D eigenvalue weighted by atomic mass is 19.1. The fourth-order valence-corrected chi connectivity index (χ4v) is 3.53. The van der Waals surface area contributed by atoms with Crippen molar-refractivity contribution in [1.82, 2.24) is 25.3 Å². The molecule has 0 amide bonds. The van der Waals surface area contributed by atoms with Crippen LogP contribution in [0.2, 0.25) is 0 Å². The summed E-state index contributed by atoms with van der Waals surface area (Å²) in [6.45, 7) is 7.35. The third kappa shape index (κ3) is 6.74. The van der Waals surface area contributed by atoms with Crippen molar-refractivity contribution in [3.63, 3.8) is 0 Å². The maximum Gasteiger partial charge on any atom is 0.190 e. The van der Waals surface area contributed by atoms with Crippen LogP contribution in [-0.4, -0.2) is 73.5 Å². The second kappa shape index (κ2) is 11.4. The standard InChI is InChI=1S/C21H32FN7/c1-23-21(25-10-5-13-29-14-6-11-26-29)24-9-4-12-27-15-17-28(18-16-27)20-8-3-2-7-19(20)22/h2-3,6-8,11,14H,4-5,9-10,12-13,15-18H2,1H3,(H2,23,24,25). The molecule has 2 aromatic rings. The van der Waals surface area contributed by atoms with Gasteiger partial charge in [-0.25, -0.2) is 4.39 Å². The maximum absolute atomic E-state index is 13.9. The van der Waals surface area contributed by atoms with Gasteiger partial charge in [-0.3, -0.25) is 14.6 Å². The van der Waals surface area contributed by atoms with Crippen molar-refractivity contribution in [3.05, 3.63) is 48.5 Å². The zero-order chi connectivity index (χ0) is 20.3. The first kappa shape index (κ1) is 21.1.